The quantitative estimate of drug-likeness (QED) is 0.800. The molecule has 0 unspecified atom stereocenters. The zero-order valence-electron chi connectivity index (χ0n) is 14.8. The largest absolute Gasteiger partial charge is 0.497 e. The van der Waals surface area contributed by atoms with Crippen LogP contribution in [0.15, 0.2) is 48.5 Å². The van der Waals surface area contributed by atoms with E-state index in [1.807, 2.05) is 0 Å². The summed E-state index contributed by atoms with van der Waals surface area (Å²) in [4.78, 5) is 12.5. The number of sulfonamides is 1. The lowest BCUT2D eigenvalue weighted by Crippen LogP contribution is -2.47. The summed E-state index contributed by atoms with van der Waals surface area (Å²) in [6, 6.07) is 11.2. The van der Waals surface area contributed by atoms with Crippen molar-refractivity contribution in [3.05, 3.63) is 59.9 Å². The number of carbonyl (C=O) groups is 1. The van der Waals surface area contributed by atoms with Crippen LogP contribution in [0, 0.1) is 5.82 Å². The molecule has 0 saturated carbocycles. The topological polar surface area (TPSA) is 75.7 Å². The number of nitrogens with zero attached hydrogens (tertiary/aromatic N) is 1. The molecule has 2 rings (SSSR count). The Morgan fingerprint density at radius 1 is 1.23 bits per heavy atom. The lowest BCUT2D eigenvalue weighted by atomic mass is 10.2. The number of halogens is 1. The predicted molar refractivity (Wildman–Crippen MR) is 98.0 cm³/mol. The fourth-order valence-electron chi connectivity index (χ4n) is 2.50. The van der Waals surface area contributed by atoms with Crippen LogP contribution in [0.25, 0.3) is 0 Å². The van der Waals surface area contributed by atoms with Crippen molar-refractivity contribution in [2.24, 2.45) is 0 Å². The van der Waals surface area contributed by atoms with E-state index in [9.17, 15) is 17.6 Å². The number of hydrogen-bond donors (Lipinski definition) is 1. The summed E-state index contributed by atoms with van der Waals surface area (Å²) >= 11 is 0. The van der Waals surface area contributed by atoms with Crippen molar-refractivity contribution in [1.82, 2.24) is 5.32 Å². The molecule has 26 heavy (non-hydrogen) atoms. The van der Waals surface area contributed by atoms with Crippen LogP contribution in [-0.2, 0) is 21.4 Å². The third kappa shape index (κ3) is 4.95. The molecule has 0 spiro atoms. The summed E-state index contributed by atoms with van der Waals surface area (Å²) in [6.45, 7) is 1.68. The highest BCUT2D eigenvalue weighted by Crippen LogP contribution is 2.21. The second kappa shape index (κ2) is 8.18. The number of rotatable bonds is 7. The summed E-state index contributed by atoms with van der Waals surface area (Å²) in [6.07, 6.45) is 0.977. The number of ether oxygens (including phenoxy) is 1. The fraction of sp³-hybridized carbons (Fsp3) is 0.278. The molecular formula is C18H21FN2O4S. The average molecular weight is 380 g/mol. The van der Waals surface area contributed by atoms with Crippen molar-refractivity contribution in [2.75, 3.05) is 17.7 Å². The summed E-state index contributed by atoms with van der Waals surface area (Å²) < 4.78 is 43.7. The Hall–Kier alpha value is -2.61. The van der Waals surface area contributed by atoms with Crippen molar-refractivity contribution in [3.63, 3.8) is 0 Å². The van der Waals surface area contributed by atoms with Gasteiger partial charge in [0.05, 0.1) is 19.1 Å². The SMILES string of the molecule is COc1ccc(CNC(=O)[C@@H](C)N(c2cccc(F)c2)S(C)(=O)=O)cc1. The predicted octanol–water partition coefficient (Wildman–Crippen LogP) is 2.31. The Morgan fingerprint density at radius 3 is 2.42 bits per heavy atom. The zero-order valence-corrected chi connectivity index (χ0v) is 15.6. The minimum absolute atomic E-state index is 0.0968. The number of nitrogens with one attached hydrogen (secondary N) is 1. The minimum Gasteiger partial charge on any atom is -0.497 e. The minimum atomic E-state index is -3.78. The molecule has 140 valence electrons. The average Bonchev–Trinajstić information content (AvgIpc) is 2.59. The van der Waals surface area contributed by atoms with Gasteiger partial charge in [0.2, 0.25) is 15.9 Å². The van der Waals surface area contributed by atoms with Crippen molar-refractivity contribution in [1.29, 1.82) is 0 Å². The molecule has 1 amide bonds. The van der Waals surface area contributed by atoms with E-state index in [1.54, 1.807) is 31.4 Å². The van der Waals surface area contributed by atoms with Crippen LogP contribution in [-0.4, -0.2) is 33.7 Å². The third-order valence-corrected chi connectivity index (χ3v) is 5.02. The molecule has 0 aliphatic rings. The molecule has 0 saturated heterocycles. The van der Waals surface area contributed by atoms with Gasteiger partial charge in [-0.25, -0.2) is 12.8 Å². The lowest BCUT2D eigenvalue weighted by molar-refractivity contribution is -0.122. The van der Waals surface area contributed by atoms with E-state index in [-0.39, 0.29) is 12.2 Å². The molecule has 6 nitrogen and oxygen atoms in total. The number of carbonyl (C=O) groups excluding carboxylic acids is 1. The van der Waals surface area contributed by atoms with Gasteiger partial charge in [0.1, 0.15) is 17.6 Å². The molecule has 1 atom stereocenters. The van der Waals surface area contributed by atoms with Crippen molar-refractivity contribution in [3.8, 4) is 5.75 Å². The molecule has 2 aromatic rings. The molecule has 0 fully saturated rings. The molecule has 8 heteroatoms. The maximum atomic E-state index is 13.5. The summed E-state index contributed by atoms with van der Waals surface area (Å²) in [5.74, 6) is -0.375. The number of amides is 1. The molecule has 0 aromatic heterocycles. The van der Waals surface area contributed by atoms with Crippen LogP contribution in [0.2, 0.25) is 0 Å². The van der Waals surface area contributed by atoms with Gasteiger partial charge in [-0.2, -0.15) is 0 Å². The van der Waals surface area contributed by atoms with Crippen LogP contribution in [0.4, 0.5) is 10.1 Å². The Bertz CT molecular complexity index is 869. The molecule has 2 aromatic carbocycles. The molecule has 0 heterocycles. The number of benzene rings is 2. The van der Waals surface area contributed by atoms with E-state index in [0.717, 1.165) is 22.2 Å². The number of hydrogen-bond acceptors (Lipinski definition) is 4. The van der Waals surface area contributed by atoms with Crippen LogP contribution in [0.1, 0.15) is 12.5 Å². The number of methoxy groups -OCH3 is 1. The van der Waals surface area contributed by atoms with Crippen LogP contribution in [0.5, 0.6) is 5.75 Å². The molecular weight excluding hydrogens is 359 g/mol. The monoisotopic (exact) mass is 380 g/mol. The Morgan fingerprint density at radius 2 is 1.88 bits per heavy atom. The van der Waals surface area contributed by atoms with Gasteiger partial charge >= 0.3 is 0 Å². The van der Waals surface area contributed by atoms with Gasteiger partial charge in [0.15, 0.2) is 0 Å². The lowest BCUT2D eigenvalue weighted by Gasteiger charge is -2.28. The van der Waals surface area contributed by atoms with Crippen molar-refractivity contribution < 1.29 is 22.3 Å². The van der Waals surface area contributed by atoms with Crippen LogP contribution in [0.3, 0.4) is 0 Å². The van der Waals surface area contributed by atoms with E-state index in [4.69, 9.17) is 4.74 Å². The van der Waals surface area contributed by atoms with Gasteiger partial charge in [0, 0.05) is 6.54 Å². The van der Waals surface area contributed by atoms with Crippen LogP contribution >= 0.6 is 0 Å². The van der Waals surface area contributed by atoms with E-state index in [0.29, 0.717) is 5.75 Å². The summed E-state index contributed by atoms with van der Waals surface area (Å²) in [5.41, 5.74) is 0.933. The van der Waals surface area contributed by atoms with E-state index >= 15 is 0 Å². The zero-order chi connectivity index (χ0) is 19.3. The maximum absolute atomic E-state index is 13.5. The van der Waals surface area contributed by atoms with Gasteiger partial charge in [-0.15, -0.1) is 0 Å². The molecule has 0 aliphatic heterocycles. The normalized spacial score (nSPS) is 12.3. The Labute approximate surface area is 152 Å². The van der Waals surface area contributed by atoms with Gasteiger partial charge in [-0.3, -0.25) is 9.10 Å². The molecule has 0 aliphatic carbocycles. The van der Waals surface area contributed by atoms with Crippen molar-refractivity contribution in [2.45, 2.75) is 19.5 Å². The van der Waals surface area contributed by atoms with Gasteiger partial charge in [-0.1, -0.05) is 18.2 Å². The third-order valence-electron chi connectivity index (χ3n) is 3.78. The smallest absolute Gasteiger partial charge is 0.243 e. The van der Waals surface area contributed by atoms with E-state index < -0.39 is 27.8 Å². The maximum Gasteiger partial charge on any atom is 0.243 e. The molecule has 0 bridgehead atoms. The standard InChI is InChI=1S/C18H21FN2O4S/c1-13(18(22)20-12-14-7-9-17(25-2)10-8-14)21(26(3,23)24)16-6-4-5-15(19)11-16/h4-11,13H,12H2,1-3H3,(H,20,22)/t13-/m1/s1. The van der Waals surface area contributed by atoms with Crippen molar-refractivity contribution >= 4 is 21.6 Å². The summed E-state index contributed by atoms with van der Waals surface area (Å²) in [7, 11) is -2.22. The second-order valence-electron chi connectivity index (χ2n) is 5.78. The highest BCUT2D eigenvalue weighted by molar-refractivity contribution is 7.92. The highest BCUT2D eigenvalue weighted by atomic mass is 32.2. The van der Waals surface area contributed by atoms with Gasteiger partial charge in [-0.05, 0) is 42.8 Å². The highest BCUT2D eigenvalue weighted by Gasteiger charge is 2.29. The fourth-order valence-corrected chi connectivity index (χ4v) is 3.67. The van der Waals surface area contributed by atoms with E-state index in [1.165, 1.54) is 25.1 Å². The first-order valence-corrected chi connectivity index (χ1v) is 9.73. The van der Waals surface area contributed by atoms with Gasteiger partial charge < -0.3 is 10.1 Å². The van der Waals surface area contributed by atoms with Crippen LogP contribution < -0.4 is 14.4 Å². The second-order valence-corrected chi connectivity index (χ2v) is 7.64. The number of anilines is 1. The summed E-state index contributed by atoms with van der Waals surface area (Å²) in [5, 5.41) is 2.69. The first-order chi connectivity index (χ1) is 12.2. The molecule has 1 N–H and O–H groups in total. The Kier molecular flexibility index (Phi) is 6.20. The van der Waals surface area contributed by atoms with Gasteiger partial charge in [0.25, 0.3) is 0 Å². The van der Waals surface area contributed by atoms with E-state index in [2.05, 4.69) is 5.32 Å². The first-order valence-electron chi connectivity index (χ1n) is 7.88. The Balaban J connectivity index is 2.14. The first kappa shape index (κ1) is 19.7. The molecule has 0 radical (unpaired) electrons.